The maximum absolute atomic E-state index is 13.0. The van der Waals surface area contributed by atoms with Gasteiger partial charge in [-0.25, -0.2) is 4.98 Å². The minimum Gasteiger partial charge on any atom is -0.341 e. The molecule has 0 radical (unpaired) electrons. The molecule has 0 amide bonds. The van der Waals surface area contributed by atoms with Crippen molar-refractivity contribution in [3.05, 3.63) is 57.5 Å². The molecule has 174 valence electrons. The lowest BCUT2D eigenvalue weighted by atomic mass is 10.1. The van der Waals surface area contributed by atoms with Gasteiger partial charge in [-0.3, -0.25) is 19.6 Å². The van der Waals surface area contributed by atoms with Crippen LogP contribution in [0.5, 0.6) is 0 Å². The molecule has 6 nitrogen and oxygen atoms in total. The van der Waals surface area contributed by atoms with Crippen molar-refractivity contribution in [2.45, 2.75) is 44.9 Å². The Bertz CT molecular complexity index is 955. The van der Waals surface area contributed by atoms with Crippen molar-refractivity contribution >= 4 is 5.95 Å². The molecule has 0 spiro atoms. The van der Waals surface area contributed by atoms with Crippen LogP contribution in [0.15, 0.2) is 35.1 Å². The number of hydrogen-bond acceptors (Lipinski definition) is 5. The first-order valence-corrected chi connectivity index (χ1v) is 11.3. The summed E-state index contributed by atoms with van der Waals surface area (Å²) in [6.45, 7) is 6.12. The number of aromatic nitrogens is 2. The predicted molar refractivity (Wildman–Crippen MR) is 118 cm³/mol. The fourth-order valence-corrected chi connectivity index (χ4v) is 4.52. The molecule has 1 N–H and O–H groups in total. The van der Waals surface area contributed by atoms with E-state index in [1.54, 1.807) is 12.1 Å². The van der Waals surface area contributed by atoms with Crippen LogP contribution in [0, 0.1) is 0 Å². The van der Waals surface area contributed by atoms with Gasteiger partial charge in [0.15, 0.2) is 0 Å². The summed E-state index contributed by atoms with van der Waals surface area (Å²) in [7, 11) is 0. The Morgan fingerprint density at radius 3 is 2.41 bits per heavy atom. The van der Waals surface area contributed by atoms with Crippen LogP contribution in [0.3, 0.4) is 0 Å². The van der Waals surface area contributed by atoms with Crippen LogP contribution < -0.4 is 10.5 Å². The van der Waals surface area contributed by atoms with Crippen molar-refractivity contribution in [1.29, 1.82) is 0 Å². The highest BCUT2D eigenvalue weighted by molar-refractivity contribution is 5.31. The van der Waals surface area contributed by atoms with Gasteiger partial charge in [0, 0.05) is 45.3 Å². The second-order valence-electron chi connectivity index (χ2n) is 8.71. The molecular weight excluding hydrogens is 419 g/mol. The van der Waals surface area contributed by atoms with Gasteiger partial charge >= 0.3 is 6.18 Å². The highest BCUT2D eigenvalue weighted by Gasteiger charge is 2.30. The number of hydrogen-bond donors (Lipinski definition) is 1. The van der Waals surface area contributed by atoms with E-state index in [1.165, 1.54) is 31.4 Å². The van der Waals surface area contributed by atoms with Gasteiger partial charge in [-0.2, -0.15) is 13.2 Å². The molecule has 1 aromatic heterocycles. The van der Waals surface area contributed by atoms with Crippen LogP contribution in [0.25, 0.3) is 0 Å². The number of aromatic amines is 1. The maximum atomic E-state index is 13.0. The Hall–Kier alpha value is -2.39. The van der Waals surface area contributed by atoms with Crippen LogP contribution in [0.2, 0.25) is 0 Å². The zero-order chi connectivity index (χ0) is 22.6. The molecule has 0 atom stereocenters. The molecule has 0 unspecified atom stereocenters. The maximum Gasteiger partial charge on any atom is 0.416 e. The summed E-state index contributed by atoms with van der Waals surface area (Å²) in [5.74, 6) is 0.588. The third-order valence-electron chi connectivity index (χ3n) is 6.17. The Morgan fingerprint density at radius 2 is 1.62 bits per heavy atom. The Balaban J connectivity index is 1.39. The minimum atomic E-state index is -4.33. The lowest BCUT2D eigenvalue weighted by Gasteiger charge is -2.27. The average molecular weight is 450 g/mol. The molecule has 9 heteroatoms. The largest absolute Gasteiger partial charge is 0.416 e. The first-order valence-electron chi connectivity index (χ1n) is 11.3. The van der Waals surface area contributed by atoms with Crippen LogP contribution >= 0.6 is 0 Å². The molecule has 2 aliphatic rings. The molecule has 0 bridgehead atoms. The number of rotatable bonds is 5. The summed E-state index contributed by atoms with van der Waals surface area (Å²) in [5.41, 5.74) is 0.685. The smallest absolute Gasteiger partial charge is 0.341 e. The average Bonchev–Trinajstić information content (AvgIpc) is 2.99. The Kier molecular flexibility index (Phi) is 7.15. The third-order valence-corrected chi connectivity index (χ3v) is 6.17. The Labute approximate surface area is 186 Å². The summed E-state index contributed by atoms with van der Waals surface area (Å²) in [5, 5.41) is 0. The highest BCUT2D eigenvalue weighted by Crippen LogP contribution is 2.29. The van der Waals surface area contributed by atoms with Gasteiger partial charge in [-0.15, -0.1) is 0 Å². The van der Waals surface area contributed by atoms with E-state index >= 15 is 0 Å². The van der Waals surface area contributed by atoms with Gasteiger partial charge in [0.05, 0.1) is 11.3 Å². The first kappa shape index (κ1) is 22.8. The zero-order valence-electron chi connectivity index (χ0n) is 18.2. The third kappa shape index (κ3) is 6.10. The van der Waals surface area contributed by atoms with Gasteiger partial charge in [-0.1, -0.05) is 24.6 Å². The number of halogens is 3. The zero-order valence-corrected chi connectivity index (χ0v) is 18.2. The summed E-state index contributed by atoms with van der Waals surface area (Å²) in [6, 6.07) is 7.11. The second kappa shape index (κ2) is 10.0. The molecular formula is C23H30F3N5O. The number of alkyl halides is 3. The van der Waals surface area contributed by atoms with Crippen LogP contribution in [0.4, 0.5) is 19.1 Å². The second-order valence-corrected chi connectivity index (χ2v) is 8.71. The number of likely N-dealkylation sites (tertiary alicyclic amines) is 1. The van der Waals surface area contributed by atoms with Gasteiger partial charge in [0.2, 0.25) is 5.95 Å². The SMILES string of the molecule is O=c1cc(CN2CCCCC2)nc(N2CCCN(Cc3cccc(C(F)(F)F)c3)CC2)[nH]1. The van der Waals surface area contributed by atoms with Gasteiger partial charge in [-0.05, 0) is 44.0 Å². The monoisotopic (exact) mass is 449 g/mol. The quantitative estimate of drug-likeness (QED) is 0.758. The standard InChI is InChI=1S/C23H30F3N5O/c24-23(25,26)19-7-4-6-18(14-19)16-30-10-5-11-31(13-12-30)22-27-20(15-21(32)28-22)17-29-8-2-1-3-9-29/h4,6-7,14-15H,1-3,5,8-13,16-17H2,(H,27,28,32). The van der Waals surface area contributed by atoms with E-state index in [2.05, 4.69) is 19.7 Å². The number of nitrogens with zero attached hydrogens (tertiary/aromatic N) is 4. The predicted octanol–water partition coefficient (Wildman–Crippen LogP) is 3.49. The molecule has 2 fully saturated rings. The van der Waals surface area contributed by atoms with E-state index < -0.39 is 11.7 Å². The van der Waals surface area contributed by atoms with Crippen LogP contribution in [-0.4, -0.2) is 59.0 Å². The number of H-pyrrole nitrogens is 1. The molecule has 4 rings (SSSR count). The van der Waals surface area contributed by atoms with Gasteiger partial charge in [0.25, 0.3) is 5.56 Å². The van der Waals surface area contributed by atoms with Crippen molar-refractivity contribution in [2.24, 2.45) is 0 Å². The molecule has 2 saturated heterocycles. The molecule has 3 heterocycles. The van der Waals surface area contributed by atoms with E-state index in [9.17, 15) is 18.0 Å². The van der Waals surface area contributed by atoms with Crippen molar-refractivity contribution in [3.8, 4) is 0 Å². The van der Waals surface area contributed by atoms with Crippen molar-refractivity contribution in [3.63, 3.8) is 0 Å². The number of piperidine rings is 1. The number of nitrogens with one attached hydrogen (secondary N) is 1. The van der Waals surface area contributed by atoms with Crippen LogP contribution in [0.1, 0.15) is 42.5 Å². The first-order chi connectivity index (χ1) is 15.4. The molecule has 2 aliphatic heterocycles. The lowest BCUT2D eigenvalue weighted by Crippen LogP contribution is -2.34. The van der Waals surface area contributed by atoms with E-state index in [-0.39, 0.29) is 5.56 Å². The topological polar surface area (TPSA) is 55.5 Å². The molecule has 1 aromatic carbocycles. The lowest BCUT2D eigenvalue weighted by molar-refractivity contribution is -0.137. The molecule has 32 heavy (non-hydrogen) atoms. The van der Waals surface area contributed by atoms with Crippen molar-refractivity contribution < 1.29 is 13.2 Å². The fourth-order valence-electron chi connectivity index (χ4n) is 4.52. The van der Waals surface area contributed by atoms with Crippen molar-refractivity contribution in [2.75, 3.05) is 44.2 Å². The van der Waals surface area contributed by atoms with E-state index in [0.717, 1.165) is 44.4 Å². The molecule has 2 aromatic rings. The highest BCUT2D eigenvalue weighted by atomic mass is 19.4. The van der Waals surface area contributed by atoms with Crippen LogP contribution in [-0.2, 0) is 19.3 Å². The van der Waals surface area contributed by atoms with Gasteiger partial charge in [0.1, 0.15) is 0 Å². The number of benzene rings is 1. The minimum absolute atomic E-state index is 0.146. The van der Waals surface area contributed by atoms with Gasteiger partial charge < -0.3 is 4.90 Å². The fraction of sp³-hybridized carbons (Fsp3) is 0.565. The van der Waals surface area contributed by atoms with Crippen molar-refractivity contribution in [1.82, 2.24) is 19.8 Å². The normalized spacial score (nSPS) is 19.2. The van der Waals surface area contributed by atoms with E-state index in [1.807, 2.05) is 0 Å². The Morgan fingerprint density at radius 1 is 0.875 bits per heavy atom. The summed E-state index contributed by atoms with van der Waals surface area (Å²) < 4.78 is 39.0. The number of anilines is 1. The summed E-state index contributed by atoms with van der Waals surface area (Å²) in [4.78, 5) is 26.4. The summed E-state index contributed by atoms with van der Waals surface area (Å²) in [6.07, 6.45) is 0.143. The van der Waals surface area contributed by atoms with E-state index in [0.29, 0.717) is 37.7 Å². The summed E-state index contributed by atoms with van der Waals surface area (Å²) >= 11 is 0. The molecule has 0 saturated carbocycles. The molecule has 0 aliphatic carbocycles. The van der Waals surface area contributed by atoms with E-state index in [4.69, 9.17) is 4.98 Å².